The van der Waals surface area contributed by atoms with Gasteiger partial charge in [0.2, 0.25) is 11.8 Å². The second kappa shape index (κ2) is 11.1. The Labute approximate surface area is 185 Å². The summed E-state index contributed by atoms with van der Waals surface area (Å²) in [5.74, 6) is 1.71. The molecule has 1 aliphatic rings. The maximum atomic E-state index is 13.4. The molecule has 1 saturated heterocycles. The number of ether oxygens (including phenoxy) is 1. The van der Waals surface area contributed by atoms with E-state index in [1.807, 2.05) is 63.2 Å². The van der Waals surface area contributed by atoms with Gasteiger partial charge in [-0.05, 0) is 43.4 Å². The highest BCUT2D eigenvalue weighted by Gasteiger charge is 2.27. The first-order valence-corrected chi connectivity index (χ1v) is 11.2. The summed E-state index contributed by atoms with van der Waals surface area (Å²) in [4.78, 5) is 29.7. The zero-order valence-electron chi connectivity index (χ0n) is 18.9. The van der Waals surface area contributed by atoms with E-state index >= 15 is 0 Å². The fourth-order valence-corrected chi connectivity index (χ4v) is 3.82. The molecule has 168 valence electrons. The van der Waals surface area contributed by atoms with Crippen molar-refractivity contribution in [3.63, 3.8) is 0 Å². The number of aryl methyl sites for hydroxylation is 1. The Hall–Kier alpha value is -2.60. The molecule has 6 heteroatoms. The first-order valence-electron chi connectivity index (χ1n) is 11.2. The second-order valence-electron chi connectivity index (χ2n) is 8.76. The SMILES string of the molecule is Cc1ccc(CN(Cc2ccccc2)C(=O)CN(CC2CCCO2)C(=O)CC(C)C)o1. The van der Waals surface area contributed by atoms with Crippen LogP contribution in [-0.2, 0) is 27.4 Å². The maximum absolute atomic E-state index is 13.4. The van der Waals surface area contributed by atoms with Crippen LogP contribution >= 0.6 is 0 Å². The molecule has 0 spiro atoms. The van der Waals surface area contributed by atoms with Crippen LogP contribution in [-0.4, -0.2) is 47.4 Å². The van der Waals surface area contributed by atoms with Crippen molar-refractivity contribution in [2.45, 2.75) is 59.2 Å². The topological polar surface area (TPSA) is 63.0 Å². The van der Waals surface area contributed by atoms with Crippen molar-refractivity contribution in [3.05, 3.63) is 59.5 Å². The lowest BCUT2D eigenvalue weighted by molar-refractivity contribution is -0.143. The van der Waals surface area contributed by atoms with E-state index in [9.17, 15) is 9.59 Å². The standard InChI is InChI=1S/C25H34N2O4/c1-19(2)14-24(28)27(16-22-10-7-13-30-22)18-25(29)26(15-21-8-5-4-6-9-21)17-23-12-11-20(3)31-23/h4-6,8-9,11-12,19,22H,7,10,13-18H2,1-3H3. The third-order valence-electron chi connectivity index (χ3n) is 5.42. The number of nitrogens with zero attached hydrogens (tertiary/aromatic N) is 2. The molecule has 1 aromatic heterocycles. The molecule has 1 aliphatic heterocycles. The number of hydrogen-bond donors (Lipinski definition) is 0. The summed E-state index contributed by atoms with van der Waals surface area (Å²) in [7, 11) is 0. The fraction of sp³-hybridized carbons (Fsp3) is 0.520. The molecular weight excluding hydrogens is 392 g/mol. The normalized spacial score (nSPS) is 15.9. The van der Waals surface area contributed by atoms with Crippen molar-refractivity contribution >= 4 is 11.8 Å². The molecule has 0 aliphatic carbocycles. The average Bonchev–Trinajstić information content (AvgIpc) is 3.39. The van der Waals surface area contributed by atoms with Crippen molar-refractivity contribution in [1.29, 1.82) is 0 Å². The summed E-state index contributed by atoms with van der Waals surface area (Å²) < 4.78 is 11.5. The highest BCUT2D eigenvalue weighted by molar-refractivity contribution is 5.85. The van der Waals surface area contributed by atoms with Gasteiger partial charge < -0.3 is 19.0 Å². The summed E-state index contributed by atoms with van der Waals surface area (Å²) in [6, 6.07) is 13.7. The van der Waals surface area contributed by atoms with Crippen LogP contribution in [0.5, 0.6) is 0 Å². The van der Waals surface area contributed by atoms with Gasteiger partial charge in [0.1, 0.15) is 11.5 Å². The molecule has 0 N–H and O–H groups in total. The molecule has 1 unspecified atom stereocenters. The van der Waals surface area contributed by atoms with Crippen molar-refractivity contribution in [1.82, 2.24) is 9.80 Å². The fourth-order valence-electron chi connectivity index (χ4n) is 3.82. The summed E-state index contributed by atoms with van der Waals surface area (Å²) in [5.41, 5.74) is 1.04. The summed E-state index contributed by atoms with van der Waals surface area (Å²) in [5, 5.41) is 0. The summed E-state index contributed by atoms with van der Waals surface area (Å²) in [6.07, 6.45) is 2.37. The predicted octanol–water partition coefficient (Wildman–Crippen LogP) is 4.17. The van der Waals surface area contributed by atoms with Crippen LogP contribution in [0.3, 0.4) is 0 Å². The Morgan fingerprint density at radius 2 is 1.81 bits per heavy atom. The quantitative estimate of drug-likeness (QED) is 0.572. The van der Waals surface area contributed by atoms with E-state index in [0.717, 1.165) is 36.5 Å². The van der Waals surface area contributed by atoms with Crippen molar-refractivity contribution < 1.29 is 18.7 Å². The number of carbonyl (C=O) groups excluding carboxylic acids is 2. The highest BCUT2D eigenvalue weighted by atomic mass is 16.5. The van der Waals surface area contributed by atoms with E-state index in [1.54, 1.807) is 9.80 Å². The van der Waals surface area contributed by atoms with Crippen LogP contribution in [0.2, 0.25) is 0 Å². The minimum absolute atomic E-state index is 0.00681. The van der Waals surface area contributed by atoms with Gasteiger partial charge in [0.15, 0.2) is 0 Å². The zero-order valence-corrected chi connectivity index (χ0v) is 18.9. The van der Waals surface area contributed by atoms with Gasteiger partial charge in [0.05, 0.1) is 19.2 Å². The van der Waals surface area contributed by atoms with Gasteiger partial charge in [-0.1, -0.05) is 44.2 Å². The lowest BCUT2D eigenvalue weighted by Gasteiger charge is -2.29. The van der Waals surface area contributed by atoms with Gasteiger partial charge in [-0.15, -0.1) is 0 Å². The Bertz CT molecular complexity index is 840. The highest BCUT2D eigenvalue weighted by Crippen LogP contribution is 2.17. The molecule has 2 aromatic rings. The van der Waals surface area contributed by atoms with Crippen LogP contribution in [0.1, 0.15) is 50.2 Å². The Kier molecular flexibility index (Phi) is 8.29. The van der Waals surface area contributed by atoms with Gasteiger partial charge in [0.25, 0.3) is 0 Å². The van der Waals surface area contributed by atoms with E-state index in [2.05, 4.69) is 0 Å². The van der Waals surface area contributed by atoms with Gasteiger partial charge in [-0.2, -0.15) is 0 Å². The smallest absolute Gasteiger partial charge is 0.242 e. The average molecular weight is 427 g/mol. The number of carbonyl (C=O) groups is 2. The van der Waals surface area contributed by atoms with E-state index in [4.69, 9.17) is 9.15 Å². The monoisotopic (exact) mass is 426 g/mol. The van der Waals surface area contributed by atoms with Crippen LogP contribution in [0, 0.1) is 12.8 Å². The number of rotatable bonds is 10. The number of hydrogen-bond acceptors (Lipinski definition) is 4. The number of amides is 2. The van der Waals surface area contributed by atoms with Gasteiger partial charge >= 0.3 is 0 Å². The van der Waals surface area contributed by atoms with Crippen molar-refractivity contribution in [3.8, 4) is 0 Å². The Morgan fingerprint density at radius 3 is 2.42 bits per heavy atom. The van der Waals surface area contributed by atoms with E-state index in [-0.39, 0.29) is 30.4 Å². The van der Waals surface area contributed by atoms with Gasteiger partial charge in [-0.25, -0.2) is 0 Å². The molecule has 0 bridgehead atoms. The van der Waals surface area contributed by atoms with Crippen LogP contribution in [0.15, 0.2) is 46.9 Å². The molecule has 2 heterocycles. The Morgan fingerprint density at radius 1 is 1.03 bits per heavy atom. The molecular formula is C25H34N2O4. The molecule has 1 fully saturated rings. The predicted molar refractivity (Wildman–Crippen MR) is 119 cm³/mol. The van der Waals surface area contributed by atoms with Crippen molar-refractivity contribution in [2.75, 3.05) is 19.7 Å². The molecule has 6 nitrogen and oxygen atoms in total. The second-order valence-corrected chi connectivity index (χ2v) is 8.76. The van der Waals surface area contributed by atoms with E-state index in [1.165, 1.54) is 0 Å². The molecule has 3 rings (SSSR count). The van der Waals surface area contributed by atoms with Crippen LogP contribution < -0.4 is 0 Å². The minimum Gasteiger partial charge on any atom is -0.464 e. The van der Waals surface area contributed by atoms with Crippen LogP contribution in [0.25, 0.3) is 0 Å². The number of benzene rings is 1. The molecule has 1 aromatic carbocycles. The largest absolute Gasteiger partial charge is 0.464 e. The third kappa shape index (κ3) is 7.24. The minimum atomic E-state index is -0.0898. The summed E-state index contributed by atoms with van der Waals surface area (Å²) >= 11 is 0. The first-order chi connectivity index (χ1) is 14.9. The third-order valence-corrected chi connectivity index (χ3v) is 5.42. The van der Waals surface area contributed by atoms with Crippen molar-refractivity contribution in [2.24, 2.45) is 5.92 Å². The van der Waals surface area contributed by atoms with Crippen LogP contribution in [0.4, 0.5) is 0 Å². The van der Waals surface area contributed by atoms with E-state index < -0.39 is 0 Å². The zero-order chi connectivity index (χ0) is 22.2. The summed E-state index contributed by atoms with van der Waals surface area (Å²) in [6.45, 7) is 8.01. The lowest BCUT2D eigenvalue weighted by atomic mass is 10.1. The maximum Gasteiger partial charge on any atom is 0.242 e. The lowest BCUT2D eigenvalue weighted by Crippen LogP contribution is -2.45. The van der Waals surface area contributed by atoms with Gasteiger partial charge in [-0.3, -0.25) is 9.59 Å². The molecule has 1 atom stereocenters. The first kappa shape index (κ1) is 23.1. The van der Waals surface area contributed by atoms with E-state index in [0.29, 0.717) is 26.1 Å². The molecule has 2 amide bonds. The Balaban J connectivity index is 1.74. The molecule has 31 heavy (non-hydrogen) atoms. The number of furan rings is 1. The molecule has 0 radical (unpaired) electrons. The molecule has 0 saturated carbocycles. The van der Waals surface area contributed by atoms with Gasteiger partial charge in [0, 0.05) is 26.1 Å².